The number of rotatable bonds is 5. The van der Waals surface area contributed by atoms with E-state index in [1.807, 2.05) is 0 Å². The number of carboxylic acids is 1. The van der Waals surface area contributed by atoms with Crippen LogP contribution in [0.25, 0.3) is 0 Å². The molecule has 1 rings (SSSR count). The zero-order chi connectivity index (χ0) is 11.3. The van der Waals surface area contributed by atoms with Gasteiger partial charge in [0.15, 0.2) is 0 Å². The van der Waals surface area contributed by atoms with Crippen LogP contribution in [0, 0.1) is 11.7 Å². The molecule has 1 aromatic carbocycles. The average Bonchev–Trinajstić information content (AvgIpc) is 2.20. The van der Waals surface area contributed by atoms with Gasteiger partial charge >= 0.3 is 5.97 Å². The minimum absolute atomic E-state index is 0.229. The van der Waals surface area contributed by atoms with Gasteiger partial charge < -0.3 is 5.11 Å². The highest BCUT2D eigenvalue weighted by molar-refractivity contribution is 7.98. The van der Waals surface area contributed by atoms with Gasteiger partial charge in [-0.2, -0.15) is 11.8 Å². The lowest BCUT2D eigenvalue weighted by atomic mass is 10.2. The summed E-state index contributed by atoms with van der Waals surface area (Å²) in [5, 5.41) is 8.65. The Morgan fingerprint density at radius 3 is 2.80 bits per heavy atom. The molecule has 0 aliphatic rings. The van der Waals surface area contributed by atoms with Crippen LogP contribution in [-0.2, 0) is 10.5 Å². The van der Waals surface area contributed by atoms with Gasteiger partial charge in [-0.05, 0) is 11.6 Å². The van der Waals surface area contributed by atoms with Crippen LogP contribution in [0.3, 0.4) is 0 Å². The van der Waals surface area contributed by atoms with E-state index < -0.39 is 5.97 Å². The predicted octanol–water partition coefficient (Wildman–Crippen LogP) is 2.78. The van der Waals surface area contributed by atoms with Gasteiger partial charge in [0.05, 0.1) is 5.92 Å². The number of benzene rings is 1. The van der Waals surface area contributed by atoms with Crippen LogP contribution in [0.2, 0.25) is 0 Å². The minimum Gasteiger partial charge on any atom is -0.481 e. The molecule has 0 spiro atoms. The second-order valence-corrected chi connectivity index (χ2v) is 4.38. The number of hydrogen-bond donors (Lipinski definition) is 1. The summed E-state index contributed by atoms with van der Waals surface area (Å²) >= 11 is 1.44. The molecule has 2 nitrogen and oxygen atoms in total. The molecular weight excluding hydrogens is 215 g/mol. The van der Waals surface area contributed by atoms with E-state index in [0.29, 0.717) is 17.1 Å². The van der Waals surface area contributed by atoms with Crippen molar-refractivity contribution in [3.8, 4) is 0 Å². The van der Waals surface area contributed by atoms with Gasteiger partial charge in [-0.1, -0.05) is 25.1 Å². The Morgan fingerprint density at radius 1 is 1.53 bits per heavy atom. The molecule has 82 valence electrons. The standard InChI is InChI=1S/C11H13FO2S/c1-8(11(13)14)6-15-7-9-4-2-3-5-10(9)12/h2-5,8H,6-7H2,1H3,(H,13,14). The van der Waals surface area contributed by atoms with Crippen LogP contribution in [0.15, 0.2) is 24.3 Å². The topological polar surface area (TPSA) is 37.3 Å². The Labute approximate surface area is 92.5 Å². The Morgan fingerprint density at radius 2 is 2.20 bits per heavy atom. The fourth-order valence-corrected chi connectivity index (χ4v) is 2.10. The van der Waals surface area contributed by atoms with Crippen LogP contribution in [0.4, 0.5) is 4.39 Å². The highest BCUT2D eigenvalue weighted by Gasteiger charge is 2.10. The summed E-state index contributed by atoms with van der Waals surface area (Å²) in [4.78, 5) is 10.5. The largest absolute Gasteiger partial charge is 0.481 e. The average molecular weight is 228 g/mol. The van der Waals surface area contributed by atoms with Crippen molar-refractivity contribution in [3.05, 3.63) is 35.6 Å². The van der Waals surface area contributed by atoms with E-state index in [1.54, 1.807) is 25.1 Å². The van der Waals surface area contributed by atoms with Gasteiger partial charge in [0.2, 0.25) is 0 Å². The van der Waals surface area contributed by atoms with Crippen LogP contribution in [0.1, 0.15) is 12.5 Å². The fourth-order valence-electron chi connectivity index (χ4n) is 1.03. The third-order valence-electron chi connectivity index (χ3n) is 2.00. The SMILES string of the molecule is CC(CSCc1ccccc1F)C(=O)O. The Balaban J connectivity index is 2.38. The quantitative estimate of drug-likeness (QED) is 0.842. The van der Waals surface area contributed by atoms with E-state index in [0.717, 1.165) is 0 Å². The second-order valence-electron chi connectivity index (χ2n) is 3.35. The molecule has 1 N–H and O–H groups in total. The van der Waals surface area contributed by atoms with E-state index in [4.69, 9.17) is 5.11 Å². The molecule has 4 heteroatoms. The van der Waals surface area contributed by atoms with Crippen LogP contribution in [0.5, 0.6) is 0 Å². The zero-order valence-corrected chi connectivity index (χ0v) is 9.26. The lowest BCUT2D eigenvalue weighted by molar-refractivity contribution is -0.140. The summed E-state index contributed by atoms with van der Waals surface area (Å²) in [6.07, 6.45) is 0. The molecule has 0 heterocycles. The van der Waals surface area contributed by atoms with E-state index in [-0.39, 0.29) is 11.7 Å². The van der Waals surface area contributed by atoms with Gasteiger partial charge in [-0.15, -0.1) is 0 Å². The van der Waals surface area contributed by atoms with Crippen molar-refractivity contribution < 1.29 is 14.3 Å². The summed E-state index contributed by atoms with van der Waals surface area (Å²) in [6, 6.07) is 6.55. The van der Waals surface area contributed by atoms with E-state index in [9.17, 15) is 9.18 Å². The molecule has 0 bridgehead atoms. The first-order valence-corrected chi connectivity index (χ1v) is 5.80. The Bertz CT molecular complexity index is 341. The van der Waals surface area contributed by atoms with E-state index in [2.05, 4.69) is 0 Å². The van der Waals surface area contributed by atoms with Crippen molar-refractivity contribution in [2.24, 2.45) is 5.92 Å². The number of hydrogen-bond acceptors (Lipinski definition) is 2. The first kappa shape index (κ1) is 12.0. The number of halogens is 1. The minimum atomic E-state index is -0.809. The van der Waals surface area contributed by atoms with Crippen molar-refractivity contribution >= 4 is 17.7 Å². The molecule has 1 aromatic rings. The van der Waals surface area contributed by atoms with E-state index in [1.165, 1.54) is 17.8 Å². The molecular formula is C11H13FO2S. The third-order valence-corrected chi connectivity index (χ3v) is 3.26. The molecule has 0 aliphatic heterocycles. The maximum Gasteiger partial charge on any atom is 0.307 e. The zero-order valence-electron chi connectivity index (χ0n) is 8.44. The Hall–Kier alpha value is -1.03. The van der Waals surface area contributed by atoms with Gasteiger partial charge in [-0.3, -0.25) is 4.79 Å². The van der Waals surface area contributed by atoms with Crippen molar-refractivity contribution in [2.75, 3.05) is 5.75 Å². The van der Waals surface area contributed by atoms with Crippen molar-refractivity contribution in [2.45, 2.75) is 12.7 Å². The molecule has 0 aromatic heterocycles. The maximum atomic E-state index is 13.1. The second kappa shape index (κ2) is 5.75. The lowest BCUT2D eigenvalue weighted by Gasteiger charge is -2.06. The molecule has 0 radical (unpaired) electrons. The van der Waals surface area contributed by atoms with Crippen LogP contribution < -0.4 is 0 Å². The summed E-state index contributed by atoms with van der Waals surface area (Å²) in [5.74, 6) is -0.403. The van der Waals surface area contributed by atoms with Crippen LogP contribution in [-0.4, -0.2) is 16.8 Å². The normalized spacial score (nSPS) is 12.4. The molecule has 15 heavy (non-hydrogen) atoms. The molecule has 0 aliphatic carbocycles. The highest BCUT2D eigenvalue weighted by atomic mass is 32.2. The van der Waals surface area contributed by atoms with Gasteiger partial charge in [0.25, 0.3) is 0 Å². The van der Waals surface area contributed by atoms with Crippen molar-refractivity contribution in [3.63, 3.8) is 0 Å². The number of aliphatic carboxylic acids is 1. The molecule has 0 saturated carbocycles. The summed E-state index contributed by atoms with van der Waals surface area (Å²) in [5.41, 5.74) is 0.625. The summed E-state index contributed by atoms with van der Waals surface area (Å²) in [6.45, 7) is 1.65. The maximum absolute atomic E-state index is 13.1. The third kappa shape index (κ3) is 3.91. The first-order chi connectivity index (χ1) is 7.11. The highest BCUT2D eigenvalue weighted by Crippen LogP contribution is 2.17. The van der Waals surface area contributed by atoms with Crippen molar-refractivity contribution in [1.82, 2.24) is 0 Å². The first-order valence-electron chi connectivity index (χ1n) is 4.65. The molecule has 0 fully saturated rings. The molecule has 1 unspecified atom stereocenters. The smallest absolute Gasteiger partial charge is 0.307 e. The number of thioether (sulfide) groups is 1. The summed E-state index contributed by atoms with van der Waals surface area (Å²) < 4.78 is 13.1. The van der Waals surface area contributed by atoms with Gasteiger partial charge in [-0.25, -0.2) is 4.39 Å². The molecule has 0 amide bonds. The van der Waals surface area contributed by atoms with E-state index >= 15 is 0 Å². The van der Waals surface area contributed by atoms with Crippen molar-refractivity contribution in [1.29, 1.82) is 0 Å². The summed E-state index contributed by atoms with van der Waals surface area (Å²) in [7, 11) is 0. The van der Waals surface area contributed by atoms with Gasteiger partial charge in [0.1, 0.15) is 5.82 Å². The number of carbonyl (C=O) groups is 1. The van der Waals surface area contributed by atoms with Gasteiger partial charge in [0, 0.05) is 11.5 Å². The number of carboxylic acid groups (broad SMARTS) is 1. The molecule has 1 atom stereocenters. The Kier molecular flexibility index (Phi) is 4.62. The molecule has 0 saturated heterocycles. The predicted molar refractivity (Wildman–Crippen MR) is 59.4 cm³/mol. The fraction of sp³-hybridized carbons (Fsp3) is 0.364. The monoisotopic (exact) mass is 228 g/mol. The van der Waals surface area contributed by atoms with Crippen LogP contribution >= 0.6 is 11.8 Å². The lowest BCUT2D eigenvalue weighted by Crippen LogP contribution is -2.11.